The topological polar surface area (TPSA) is 179 Å². The average molecular weight is 1290 g/mol. The molecule has 9 heterocycles. The normalized spacial score (nSPS) is 22.6. The Hall–Kier alpha value is -7.99. The van der Waals surface area contributed by atoms with Crippen molar-refractivity contribution in [3.05, 3.63) is 190 Å². The van der Waals surface area contributed by atoms with Crippen molar-refractivity contribution in [1.29, 1.82) is 0 Å². The summed E-state index contributed by atoms with van der Waals surface area (Å²) in [6.07, 6.45) is 5.93. The highest BCUT2D eigenvalue weighted by Crippen LogP contribution is 2.45. The Balaban J connectivity index is 0.000000124. The summed E-state index contributed by atoms with van der Waals surface area (Å²) in [5.74, 6) is 0.881. The zero-order chi connectivity index (χ0) is 63.9. The molecule has 8 aliphatic rings. The summed E-state index contributed by atoms with van der Waals surface area (Å²) in [4.78, 5) is 60.6. The van der Waals surface area contributed by atoms with E-state index >= 15 is 0 Å². The number of carbonyl (C=O) groups excluding carboxylic acids is 3. The highest BCUT2D eigenvalue weighted by Gasteiger charge is 2.52. The number of benzene rings is 4. The lowest BCUT2D eigenvalue weighted by atomic mass is 9.85. The molecule has 15 rings (SSSR count). The van der Waals surface area contributed by atoms with Gasteiger partial charge >= 0.3 is 12.4 Å². The molecule has 3 spiro atoms. The second-order valence-electron chi connectivity index (χ2n) is 24.7. The average Bonchev–Trinajstić information content (AvgIpc) is 1.71. The molecule has 7 aromatic rings. The molecule has 0 bridgehead atoms. The Bertz CT molecular complexity index is 4090. The standard InChI is InChI=1S/C23H25N3O3S.C22H21F3N4O.C17H20N2O.C5H2ClF3N2/c1-17-6-8-19(9-7-17)30(28,29)26-15-18(20-4-2-3-5-21(20)26)14-25-13-11-23(22(25)27)10-12-24-16-23;23-22(24,25)18-11-19(27-14-26-18)29-10-8-21(13-29)7-9-28(20(21)30)12-16-6-5-15-3-1-2-4-17(15)16;20-16-17(7-9-18-12-17)8-10-19(16)11-14-6-5-13-3-1-2-4-15(13)14;6-4-1-3(5(7,8)9)10-2-11-4/h2-9,15,24H,10-14,16H2,1H3;1-4,6,11,14H,5,7-10,12-13H2;1-4,6,18H,5,7-12H2;1-2H. The van der Waals surface area contributed by atoms with Crippen molar-refractivity contribution in [3.63, 3.8) is 0 Å². The third kappa shape index (κ3) is 12.9. The van der Waals surface area contributed by atoms with Crippen LogP contribution in [0, 0.1) is 23.2 Å². The molecule has 0 radical (unpaired) electrons. The molecule has 476 valence electrons. The van der Waals surface area contributed by atoms with Crippen molar-refractivity contribution in [2.24, 2.45) is 16.2 Å². The summed E-state index contributed by atoms with van der Waals surface area (Å²) in [7, 11) is -3.73. The van der Waals surface area contributed by atoms with E-state index in [4.69, 9.17) is 11.6 Å². The number of halogens is 7. The van der Waals surface area contributed by atoms with Gasteiger partial charge in [0.05, 0.1) is 26.7 Å². The van der Waals surface area contributed by atoms with E-state index in [1.54, 1.807) is 35.4 Å². The van der Waals surface area contributed by atoms with Crippen molar-refractivity contribution in [2.45, 2.75) is 82.1 Å². The maximum atomic E-state index is 13.4. The fourth-order valence-electron chi connectivity index (χ4n) is 14.0. The number of aromatic nitrogens is 5. The van der Waals surface area contributed by atoms with Gasteiger partial charge in [-0.15, -0.1) is 0 Å². The summed E-state index contributed by atoms with van der Waals surface area (Å²) in [6.45, 7) is 10.4. The van der Waals surface area contributed by atoms with Gasteiger partial charge in [-0.1, -0.05) is 108 Å². The van der Waals surface area contributed by atoms with Gasteiger partial charge in [0, 0.05) is 89.2 Å². The Morgan fingerprint density at radius 2 is 1.07 bits per heavy atom. The number of anilines is 1. The summed E-state index contributed by atoms with van der Waals surface area (Å²) in [5, 5.41) is 7.32. The Labute approximate surface area is 528 Å². The lowest BCUT2D eigenvalue weighted by Gasteiger charge is -2.24. The number of amides is 3. The van der Waals surface area contributed by atoms with Crippen LogP contribution in [-0.2, 0) is 56.1 Å². The van der Waals surface area contributed by atoms with Crippen LogP contribution in [0.5, 0.6) is 0 Å². The SMILES string of the molecule is Cc1ccc(S(=O)(=O)n2cc(CN3CCC4(CCNC4)C3=O)c3ccccc32)cc1.FC(F)(F)c1cc(Cl)ncn1.O=C1N(CC2=CCc3ccccc32)CCC12CCN(c1cc(C(F)(F)F)ncn1)C2.O=C1N(CC2=CCc3ccccc32)CCC12CCNC2. The van der Waals surface area contributed by atoms with Crippen molar-refractivity contribution in [3.8, 4) is 0 Å². The van der Waals surface area contributed by atoms with Crippen LogP contribution in [0.1, 0.15) is 83.3 Å². The molecule has 2 N–H and O–H groups in total. The van der Waals surface area contributed by atoms with E-state index in [0.717, 1.165) is 113 Å². The third-order valence-electron chi connectivity index (χ3n) is 19.1. The first-order valence-corrected chi connectivity index (χ1v) is 32.3. The number of carbonyl (C=O) groups is 3. The number of nitrogens with zero attached hydrogens (tertiary/aromatic N) is 9. The maximum Gasteiger partial charge on any atom is 0.433 e. The summed E-state index contributed by atoms with van der Waals surface area (Å²) in [6, 6.07) is 32.8. The van der Waals surface area contributed by atoms with E-state index < -0.39 is 39.2 Å². The van der Waals surface area contributed by atoms with Crippen LogP contribution >= 0.6 is 11.6 Å². The van der Waals surface area contributed by atoms with Crippen LogP contribution in [0.3, 0.4) is 0 Å². The number of aryl methyl sites for hydroxylation is 1. The van der Waals surface area contributed by atoms with Crippen molar-refractivity contribution in [2.75, 3.05) is 76.9 Å². The van der Waals surface area contributed by atoms with Gasteiger partial charge in [0.25, 0.3) is 10.0 Å². The van der Waals surface area contributed by atoms with Crippen LogP contribution < -0.4 is 15.5 Å². The monoisotopic (exact) mass is 1290 g/mol. The number of hydrogen-bond donors (Lipinski definition) is 2. The van der Waals surface area contributed by atoms with Crippen LogP contribution in [-0.4, -0.2) is 137 Å². The highest BCUT2D eigenvalue weighted by atomic mass is 35.5. The van der Waals surface area contributed by atoms with Crippen LogP contribution in [0.4, 0.5) is 32.2 Å². The largest absolute Gasteiger partial charge is 0.433 e. The molecule has 24 heteroatoms. The highest BCUT2D eigenvalue weighted by molar-refractivity contribution is 7.90. The van der Waals surface area contributed by atoms with E-state index in [0.29, 0.717) is 69.6 Å². The first-order chi connectivity index (χ1) is 43.5. The maximum absolute atomic E-state index is 13.4. The number of likely N-dealkylation sites (tertiary alicyclic amines) is 3. The molecule has 3 aromatic heterocycles. The number of para-hydroxylation sites is 1. The Morgan fingerprint density at radius 1 is 0.571 bits per heavy atom. The molecular formula is C67H68ClF6N11O5S. The van der Waals surface area contributed by atoms with Gasteiger partial charge in [0.1, 0.15) is 35.0 Å². The second kappa shape index (κ2) is 25.2. The molecule has 6 fully saturated rings. The predicted molar refractivity (Wildman–Crippen MR) is 333 cm³/mol. The molecule has 6 saturated heterocycles. The van der Waals surface area contributed by atoms with E-state index in [1.807, 2.05) is 53.1 Å². The molecule has 16 nitrogen and oxygen atoms in total. The van der Waals surface area contributed by atoms with Crippen molar-refractivity contribution < 1.29 is 49.1 Å². The summed E-state index contributed by atoms with van der Waals surface area (Å²) < 4.78 is 102. The quantitative estimate of drug-likeness (QED) is 0.103. The lowest BCUT2D eigenvalue weighted by Crippen LogP contribution is -2.37. The number of fused-ring (bicyclic) bond motifs is 3. The minimum absolute atomic E-state index is 0.0846. The molecule has 6 aliphatic heterocycles. The fourth-order valence-corrected chi connectivity index (χ4v) is 15.6. The van der Waals surface area contributed by atoms with E-state index in [-0.39, 0.29) is 38.5 Å². The zero-order valence-corrected chi connectivity index (χ0v) is 51.6. The number of alkyl halides is 6. The van der Waals surface area contributed by atoms with Crippen LogP contribution in [0.25, 0.3) is 22.0 Å². The fraction of sp³-hybridized carbons (Fsp3) is 0.388. The third-order valence-corrected chi connectivity index (χ3v) is 21.0. The number of rotatable bonds is 9. The van der Waals surface area contributed by atoms with Gasteiger partial charge in [-0.3, -0.25) is 14.4 Å². The molecule has 3 amide bonds. The first-order valence-electron chi connectivity index (χ1n) is 30.5. The van der Waals surface area contributed by atoms with Gasteiger partial charge in [0.2, 0.25) is 17.7 Å². The summed E-state index contributed by atoms with van der Waals surface area (Å²) >= 11 is 5.20. The number of allylic oxidation sites excluding steroid dienone is 2. The molecule has 3 unspecified atom stereocenters. The van der Waals surface area contributed by atoms with Crippen molar-refractivity contribution >= 4 is 67.2 Å². The van der Waals surface area contributed by atoms with Crippen LogP contribution in [0.2, 0.25) is 5.15 Å². The molecule has 91 heavy (non-hydrogen) atoms. The molecular weight excluding hydrogens is 1220 g/mol. The molecule has 4 aromatic carbocycles. The number of hydrogen-bond acceptors (Lipinski definition) is 12. The van der Waals surface area contributed by atoms with Gasteiger partial charge in [-0.2, -0.15) is 26.3 Å². The lowest BCUT2D eigenvalue weighted by molar-refractivity contribution is -0.142. The molecule has 2 aliphatic carbocycles. The van der Waals surface area contributed by atoms with Gasteiger partial charge in [0.15, 0.2) is 0 Å². The van der Waals surface area contributed by atoms with E-state index in [9.17, 15) is 49.1 Å². The predicted octanol–water partition coefficient (Wildman–Crippen LogP) is 10.4. The minimum Gasteiger partial charge on any atom is -0.355 e. The second-order valence-corrected chi connectivity index (χ2v) is 26.9. The van der Waals surface area contributed by atoms with Gasteiger partial charge in [-0.25, -0.2) is 32.3 Å². The molecule has 3 atom stereocenters. The van der Waals surface area contributed by atoms with Crippen LogP contribution in [0.15, 0.2) is 145 Å². The van der Waals surface area contributed by atoms with Gasteiger partial charge in [-0.05, 0) is 129 Å². The Morgan fingerprint density at radius 3 is 1.60 bits per heavy atom. The first kappa shape index (κ1) is 63.2. The minimum atomic E-state index is -4.51. The van der Waals surface area contributed by atoms with E-state index in [1.165, 1.54) is 37.4 Å². The van der Waals surface area contributed by atoms with Gasteiger partial charge < -0.3 is 30.2 Å². The molecule has 0 saturated carbocycles. The van der Waals surface area contributed by atoms with E-state index in [2.05, 4.69) is 84.0 Å². The summed E-state index contributed by atoms with van der Waals surface area (Å²) in [5.41, 5.74) is 7.35. The number of nitrogens with one attached hydrogen (secondary N) is 2. The zero-order valence-electron chi connectivity index (χ0n) is 50.0. The van der Waals surface area contributed by atoms with Crippen molar-refractivity contribution in [1.82, 2.24) is 49.2 Å². The smallest absolute Gasteiger partial charge is 0.355 e. The Kier molecular flexibility index (Phi) is 17.5.